The van der Waals surface area contributed by atoms with Gasteiger partial charge in [-0.05, 0) is 31.7 Å². The molecule has 0 unspecified atom stereocenters. The topological polar surface area (TPSA) is 66.4 Å². The summed E-state index contributed by atoms with van der Waals surface area (Å²) in [6, 6.07) is 6.27. The molecule has 0 spiro atoms. The van der Waals surface area contributed by atoms with Gasteiger partial charge in [-0.3, -0.25) is 9.59 Å². The number of rotatable bonds is 4. The van der Waals surface area contributed by atoms with Crippen molar-refractivity contribution in [1.29, 1.82) is 0 Å². The van der Waals surface area contributed by atoms with Gasteiger partial charge < -0.3 is 10.4 Å². The number of hydrogen-bond donors (Lipinski definition) is 2. The number of amides is 1. The Labute approximate surface area is 116 Å². The largest absolute Gasteiger partial charge is 0.481 e. The van der Waals surface area contributed by atoms with Gasteiger partial charge in [0.15, 0.2) is 0 Å². The number of carboxylic acids is 1. The first-order valence-electron chi connectivity index (χ1n) is 6.82. The fourth-order valence-electron chi connectivity index (χ4n) is 2.85. The SMILES string of the molecule is O=C(O)C1CC(NC(=O)C2(c3ccccc3F)CC2)C1. The van der Waals surface area contributed by atoms with Crippen molar-refractivity contribution in [2.45, 2.75) is 37.1 Å². The molecule has 1 aromatic rings. The first kappa shape index (κ1) is 13.1. The summed E-state index contributed by atoms with van der Waals surface area (Å²) in [6.07, 6.45) is 2.23. The third-order valence-electron chi connectivity index (χ3n) is 4.40. The second kappa shape index (κ2) is 4.58. The highest BCUT2D eigenvalue weighted by atomic mass is 19.1. The Balaban J connectivity index is 1.66. The van der Waals surface area contributed by atoms with Gasteiger partial charge in [0.2, 0.25) is 5.91 Å². The van der Waals surface area contributed by atoms with Crippen LogP contribution in [0.2, 0.25) is 0 Å². The molecule has 0 aliphatic heterocycles. The molecular formula is C15H16FNO3. The summed E-state index contributed by atoms with van der Waals surface area (Å²) in [5.74, 6) is -1.69. The molecule has 3 rings (SSSR count). The average Bonchev–Trinajstić information content (AvgIpc) is 3.14. The number of aliphatic carboxylic acids is 1. The van der Waals surface area contributed by atoms with Gasteiger partial charge in [0.05, 0.1) is 11.3 Å². The summed E-state index contributed by atoms with van der Waals surface area (Å²) in [5, 5.41) is 11.7. The molecule has 2 saturated carbocycles. The molecule has 2 aliphatic carbocycles. The van der Waals surface area contributed by atoms with Crippen LogP contribution in [0.25, 0.3) is 0 Å². The highest BCUT2D eigenvalue weighted by Crippen LogP contribution is 2.49. The van der Waals surface area contributed by atoms with Crippen molar-refractivity contribution in [2.24, 2.45) is 5.92 Å². The lowest BCUT2D eigenvalue weighted by molar-refractivity contribution is -0.146. The lowest BCUT2D eigenvalue weighted by Crippen LogP contribution is -2.49. The average molecular weight is 277 g/mol. The van der Waals surface area contributed by atoms with Crippen molar-refractivity contribution >= 4 is 11.9 Å². The molecule has 0 heterocycles. The molecule has 2 aliphatic rings. The standard InChI is InChI=1S/C15H16FNO3/c16-12-4-2-1-3-11(12)15(5-6-15)14(20)17-10-7-9(8-10)13(18)19/h1-4,9-10H,5-8H2,(H,17,20)(H,18,19). The fourth-order valence-corrected chi connectivity index (χ4v) is 2.85. The quantitative estimate of drug-likeness (QED) is 0.882. The van der Waals surface area contributed by atoms with Crippen LogP contribution in [0.4, 0.5) is 4.39 Å². The van der Waals surface area contributed by atoms with E-state index in [1.807, 2.05) is 0 Å². The molecule has 0 bridgehead atoms. The van der Waals surface area contributed by atoms with E-state index in [9.17, 15) is 14.0 Å². The van der Waals surface area contributed by atoms with Gasteiger partial charge in [-0.25, -0.2) is 4.39 Å². The van der Waals surface area contributed by atoms with Gasteiger partial charge in [0.25, 0.3) is 0 Å². The first-order valence-corrected chi connectivity index (χ1v) is 6.82. The third kappa shape index (κ3) is 2.07. The number of halogens is 1. The molecule has 5 heteroatoms. The van der Waals surface area contributed by atoms with E-state index in [2.05, 4.69) is 5.32 Å². The van der Waals surface area contributed by atoms with Crippen LogP contribution in [-0.2, 0) is 15.0 Å². The maximum absolute atomic E-state index is 13.8. The van der Waals surface area contributed by atoms with Gasteiger partial charge in [-0.1, -0.05) is 18.2 Å². The molecule has 1 aromatic carbocycles. The molecule has 1 amide bonds. The van der Waals surface area contributed by atoms with Crippen LogP contribution in [0, 0.1) is 11.7 Å². The Hall–Kier alpha value is -1.91. The van der Waals surface area contributed by atoms with Crippen molar-refractivity contribution in [3.63, 3.8) is 0 Å². The summed E-state index contributed by atoms with van der Waals surface area (Å²) >= 11 is 0. The Morgan fingerprint density at radius 1 is 1.25 bits per heavy atom. The Bertz CT molecular complexity index is 562. The summed E-state index contributed by atoms with van der Waals surface area (Å²) < 4.78 is 13.8. The summed E-state index contributed by atoms with van der Waals surface area (Å²) in [5.41, 5.74) is -0.286. The molecule has 0 aromatic heterocycles. The van der Waals surface area contributed by atoms with Crippen molar-refractivity contribution < 1.29 is 19.1 Å². The van der Waals surface area contributed by atoms with Gasteiger partial charge in [-0.15, -0.1) is 0 Å². The van der Waals surface area contributed by atoms with Crippen molar-refractivity contribution in [3.8, 4) is 0 Å². The predicted octanol–water partition coefficient (Wildman–Crippen LogP) is 1.84. The highest BCUT2D eigenvalue weighted by Gasteiger charge is 2.53. The zero-order valence-corrected chi connectivity index (χ0v) is 10.9. The minimum absolute atomic E-state index is 0.0900. The normalized spacial score (nSPS) is 26.4. The second-order valence-electron chi connectivity index (χ2n) is 5.74. The maximum Gasteiger partial charge on any atom is 0.306 e. The van der Waals surface area contributed by atoms with Crippen LogP contribution >= 0.6 is 0 Å². The molecule has 0 atom stereocenters. The zero-order chi connectivity index (χ0) is 14.3. The molecule has 20 heavy (non-hydrogen) atoms. The molecule has 106 valence electrons. The van der Waals surface area contributed by atoms with E-state index in [0.717, 1.165) is 0 Å². The number of hydrogen-bond acceptors (Lipinski definition) is 2. The number of carboxylic acid groups (broad SMARTS) is 1. The molecule has 2 fully saturated rings. The lowest BCUT2D eigenvalue weighted by Gasteiger charge is -2.34. The van der Waals surface area contributed by atoms with Crippen molar-refractivity contribution in [3.05, 3.63) is 35.6 Å². The maximum atomic E-state index is 13.8. The lowest BCUT2D eigenvalue weighted by atomic mass is 9.80. The Kier molecular flexibility index (Phi) is 3.00. The van der Waals surface area contributed by atoms with E-state index in [1.165, 1.54) is 6.07 Å². The van der Waals surface area contributed by atoms with Gasteiger partial charge >= 0.3 is 5.97 Å². The Morgan fingerprint density at radius 3 is 2.45 bits per heavy atom. The monoisotopic (exact) mass is 277 g/mol. The van der Waals surface area contributed by atoms with E-state index >= 15 is 0 Å². The number of benzene rings is 1. The number of carbonyl (C=O) groups is 2. The minimum Gasteiger partial charge on any atom is -0.481 e. The van der Waals surface area contributed by atoms with E-state index in [0.29, 0.717) is 31.2 Å². The minimum atomic E-state index is -0.814. The van der Waals surface area contributed by atoms with Gasteiger partial charge in [0.1, 0.15) is 5.82 Å². The molecule has 4 nitrogen and oxygen atoms in total. The number of carbonyl (C=O) groups excluding carboxylic acids is 1. The molecular weight excluding hydrogens is 261 g/mol. The van der Waals surface area contributed by atoms with Gasteiger partial charge in [-0.2, -0.15) is 0 Å². The second-order valence-corrected chi connectivity index (χ2v) is 5.74. The molecule has 2 N–H and O–H groups in total. The number of nitrogens with one attached hydrogen (secondary N) is 1. The van der Waals surface area contributed by atoms with E-state index in [1.54, 1.807) is 18.2 Å². The summed E-state index contributed by atoms with van der Waals surface area (Å²) in [4.78, 5) is 23.1. The highest BCUT2D eigenvalue weighted by molar-refractivity contribution is 5.91. The first-order chi connectivity index (χ1) is 9.53. The third-order valence-corrected chi connectivity index (χ3v) is 4.40. The fraction of sp³-hybridized carbons (Fsp3) is 0.467. The van der Waals surface area contributed by atoms with Crippen LogP contribution < -0.4 is 5.32 Å². The summed E-state index contributed by atoms with van der Waals surface area (Å²) in [7, 11) is 0. The van der Waals surface area contributed by atoms with E-state index < -0.39 is 11.4 Å². The van der Waals surface area contributed by atoms with Crippen LogP contribution in [0.1, 0.15) is 31.2 Å². The van der Waals surface area contributed by atoms with Gasteiger partial charge in [0, 0.05) is 11.6 Å². The predicted molar refractivity (Wildman–Crippen MR) is 69.6 cm³/mol. The summed E-state index contributed by atoms with van der Waals surface area (Å²) in [6.45, 7) is 0. The van der Waals surface area contributed by atoms with Crippen molar-refractivity contribution in [1.82, 2.24) is 5.32 Å². The van der Waals surface area contributed by atoms with E-state index in [-0.39, 0.29) is 23.7 Å². The van der Waals surface area contributed by atoms with Crippen molar-refractivity contribution in [2.75, 3.05) is 0 Å². The molecule has 0 radical (unpaired) electrons. The van der Waals surface area contributed by atoms with Crippen LogP contribution in [0.3, 0.4) is 0 Å². The zero-order valence-electron chi connectivity index (χ0n) is 10.9. The Morgan fingerprint density at radius 2 is 1.90 bits per heavy atom. The van der Waals surface area contributed by atoms with Crippen LogP contribution in [-0.4, -0.2) is 23.0 Å². The molecule has 0 saturated heterocycles. The van der Waals surface area contributed by atoms with Crippen LogP contribution in [0.5, 0.6) is 0 Å². The van der Waals surface area contributed by atoms with E-state index in [4.69, 9.17) is 5.11 Å². The van der Waals surface area contributed by atoms with Crippen LogP contribution in [0.15, 0.2) is 24.3 Å². The smallest absolute Gasteiger partial charge is 0.306 e.